The number of carbonyl (C=O) groups is 2. The summed E-state index contributed by atoms with van der Waals surface area (Å²) in [5, 5.41) is 3.33. The molecule has 9 heteroatoms. The second-order valence-corrected chi connectivity index (χ2v) is 12.0. The van der Waals surface area contributed by atoms with Crippen molar-refractivity contribution in [3.63, 3.8) is 0 Å². The van der Waals surface area contributed by atoms with Crippen molar-refractivity contribution in [3.8, 4) is 0 Å². The molecule has 2 amide bonds. The number of aryl methyl sites for hydroxylation is 1. The fourth-order valence-corrected chi connectivity index (χ4v) is 5.34. The molecule has 0 aliphatic carbocycles. The summed E-state index contributed by atoms with van der Waals surface area (Å²) in [7, 11) is -3.84. The molecule has 0 fully saturated rings. The lowest BCUT2D eigenvalue weighted by Gasteiger charge is -2.33. The van der Waals surface area contributed by atoms with E-state index >= 15 is 0 Å². The predicted molar refractivity (Wildman–Crippen MR) is 157 cm³/mol. The molecule has 0 aliphatic rings. The van der Waals surface area contributed by atoms with Gasteiger partial charge in [-0.2, -0.15) is 0 Å². The van der Waals surface area contributed by atoms with Gasteiger partial charge in [0.15, 0.2) is 0 Å². The predicted octanol–water partition coefficient (Wildman–Crippen LogP) is 4.97. The molecule has 0 unspecified atom stereocenters. The molecule has 1 N–H and O–H groups in total. The SMILES string of the molecule is CCCCNC(=O)[C@@H](Cc1ccccc1)N(Cc1cccc(C)c1)C(=O)CN(c1cccc(Cl)c1)S(C)(=O)=O. The molecule has 0 aromatic heterocycles. The number of sulfonamides is 1. The smallest absolute Gasteiger partial charge is 0.244 e. The van der Waals surface area contributed by atoms with Gasteiger partial charge in [0.2, 0.25) is 21.8 Å². The summed E-state index contributed by atoms with van der Waals surface area (Å²) < 4.78 is 26.6. The third kappa shape index (κ3) is 9.11. The average Bonchev–Trinajstić information content (AvgIpc) is 2.89. The van der Waals surface area contributed by atoms with Gasteiger partial charge in [-0.25, -0.2) is 8.42 Å². The first-order valence-electron chi connectivity index (χ1n) is 13.0. The summed E-state index contributed by atoms with van der Waals surface area (Å²) in [6.07, 6.45) is 3.06. The number of nitrogens with zero attached hydrogens (tertiary/aromatic N) is 2. The molecule has 0 bridgehead atoms. The summed E-state index contributed by atoms with van der Waals surface area (Å²) >= 11 is 6.13. The van der Waals surface area contributed by atoms with E-state index in [1.165, 1.54) is 11.0 Å². The maximum Gasteiger partial charge on any atom is 0.244 e. The Hall–Kier alpha value is -3.36. The molecular weight excluding hydrogens is 534 g/mol. The molecule has 39 heavy (non-hydrogen) atoms. The van der Waals surface area contributed by atoms with Crippen molar-refractivity contribution < 1.29 is 18.0 Å². The average molecular weight is 570 g/mol. The standard InChI is InChI=1S/C30H36ClN3O4S/c1-4-5-17-32-30(36)28(19-24-12-7-6-8-13-24)33(21-25-14-9-11-23(2)18-25)29(35)22-34(39(3,37)38)27-16-10-15-26(31)20-27/h6-16,18,20,28H,4-5,17,19,21-22H2,1-3H3,(H,32,36)/t28-/m1/s1. The van der Waals surface area contributed by atoms with Crippen LogP contribution in [0.25, 0.3) is 0 Å². The van der Waals surface area contributed by atoms with Gasteiger partial charge in [0.1, 0.15) is 12.6 Å². The monoisotopic (exact) mass is 569 g/mol. The molecule has 3 aromatic rings. The van der Waals surface area contributed by atoms with Crippen LogP contribution in [-0.4, -0.2) is 50.5 Å². The molecule has 3 rings (SSSR count). The maximum absolute atomic E-state index is 14.0. The Kier molecular flexibility index (Phi) is 10.9. The fraction of sp³-hybridized carbons (Fsp3) is 0.333. The molecule has 0 saturated heterocycles. The first kappa shape index (κ1) is 30.2. The first-order valence-corrected chi connectivity index (χ1v) is 15.2. The number of hydrogen-bond donors (Lipinski definition) is 1. The van der Waals surface area contributed by atoms with Gasteiger partial charge in [-0.05, 0) is 42.7 Å². The fourth-order valence-electron chi connectivity index (χ4n) is 4.31. The van der Waals surface area contributed by atoms with Crippen LogP contribution in [0, 0.1) is 6.92 Å². The van der Waals surface area contributed by atoms with Crippen LogP contribution in [-0.2, 0) is 32.6 Å². The summed E-state index contributed by atoms with van der Waals surface area (Å²) in [6.45, 7) is 4.16. The third-order valence-corrected chi connectivity index (χ3v) is 7.69. The number of unbranched alkanes of at least 4 members (excludes halogenated alkanes) is 1. The molecule has 3 aromatic carbocycles. The van der Waals surface area contributed by atoms with Crippen molar-refractivity contribution in [2.75, 3.05) is 23.7 Å². The second-order valence-electron chi connectivity index (χ2n) is 9.61. The van der Waals surface area contributed by atoms with E-state index in [1.807, 2.05) is 68.4 Å². The van der Waals surface area contributed by atoms with Crippen molar-refractivity contribution >= 4 is 39.1 Å². The van der Waals surface area contributed by atoms with Crippen LogP contribution < -0.4 is 9.62 Å². The van der Waals surface area contributed by atoms with Crippen LogP contribution in [0.3, 0.4) is 0 Å². The van der Waals surface area contributed by atoms with Crippen molar-refractivity contribution in [2.45, 2.75) is 45.7 Å². The van der Waals surface area contributed by atoms with Gasteiger partial charge < -0.3 is 10.2 Å². The number of carbonyl (C=O) groups excluding carboxylic acids is 2. The van der Waals surface area contributed by atoms with Crippen LogP contribution in [0.1, 0.15) is 36.5 Å². The lowest BCUT2D eigenvalue weighted by Crippen LogP contribution is -2.53. The molecule has 208 valence electrons. The minimum Gasteiger partial charge on any atom is -0.354 e. The highest BCUT2D eigenvalue weighted by Gasteiger charge is 2.33. The number of benzene rings is 3. The number of rotatable bonds is 13. The molecule has 0 saturated carbocycles. The molecular formula is C30H36ClN3O4S. The molecule has 0 heterocycles. The number of nitrogens with one attached hydrogen (secondary N) is 1. The highest BCUT2D eigenvalue weighted by atomic mass is 35.5. The quantitative estimate of drug-likeness (QED) is 0.294. The van der Waals surface area contributed by atoms with Gasteiger partial charge in [0.05, 0.1) is 11.9 Å². The highest BCUT2D eigenvalue weighted by Crippen LogP contribution is 2.23. The summed E-state index contributed by atoms with van der Waals surface area (Å²) in [4.78, 5) is 29.1. The Bertz CT molecular complexity index is 1370. The second kappa shape index (κ2) is 14.1. The molecule has 0 aliphatic heterocycles. The molecule has 0 radical (unpaired) electrons. The van der Waals surface area contributed by atoms with E-state index in [-0.39, 0.29) is 24.6 Å². The van der Waals surface area contributed by atoms with E-state index in [9.17, 15) is 18.0 Å². The van der Waals surface area contributed by atoms with Crippen molar-refractivity contribution in [3.05, 3.63) is 101 Å². The van der Waals surface area contributed by atoms with E-state index in [0.717, 1.165) is 40.1 Å². The Morgan fingerprint density at radius 2 is 1.64 bits per heavy atom. The van der Waals surface area contributed by atoms with Crippen molar-refractivity contribution in [1.29, 1.82) is 0 Å². The van der Waals surface area contributed by atoms with Gasteiger partial charge in [-0.3, -0.25) is 13.9 Å². The van der Waals surface area contributed by atoms with Gasteiger partial charge in [0.25, 0.3) is 0 Å². The van der Waals surface area contributed by atoms with E-state index in [1.54, 1.807) is 18.2 Å². The van der Waals surface area contributed by atoms with Crippen molar-refractivity contribution in [1.82, 2.24) is 10.2 Å². The van der Waals surface area contributed by atoms with Crippen LogP contribution in [0.4, 0.5) is 5.69 Å². The molecule has 7 nitrogen and oxygen atoms in total. The van der Waals surface area contributed by atoms with Crippen molar-refractivity contribution in [2.24, 2.45) is 0 Å². The van der Waals surface area contributed by atoms with E-state index in [2.05, 4.69) is 5.32 Å². The van der Waals surface area contributed by atoms with Crippen LogP contribution in [0.2, 0.25) is 5.02 Å². The number of amides is 2. The highest BCUT2D eigenvalue weighted by molar-refractivity contribution is 7.92. The lowest BCUT2D eigenvalue weighted by molar-refractivity contribution is -0.140. The van der Waals surface area contributed by atoms with E-state index < -0.39 is 28.5 Å². The Balaban J connectivity index is 2.03. The van der Waals surface area contributed by atoms with E-state index in [4.69, 9.17) is 11.6 Å². The topological polar surface area (TPSA) is 86.8 Å². The molecule has 0 spiro atoms. The normalized spacial score (nSPS) is 12.0. The number of halogens is 1. The Morgan fingerprint density at radius 3 is 2.28 bits per heavy atom. The summed E-state index contributed by atoms with van der Waals surface area (Å²) in [5.41, 5.74) is 3.03. The van der Waals surface area contributed by atoms with Gasteiger partial charge >= 0.3 is 0 Å². The van der Waals surface area contributed by atoms with Crippen LogP contribution in [0.5, 0.6) is 0 Å². The lowest BCUT2D eigenvalue weighted by atomic mass is 10.0. The number of anilines is 1. The minimum atomic E-state index is -3.84. The zero-order valence-electron chi connectivity index (χ0n) is 22.6. The molecule has 1 atom stereocenters. The number of hydrogen-bond acceptors (Lipinski definition) is 4. The Morgan fingerprint density at radius 1 is 0.949 bits per heavy atom. The largest absolute Gasteiger partial charge is 0.354 e. The van der Waals surface area contributed by atoms with Gasteiger partial charge in [0, 0.05) is 24.5 Å². The van der Waals surface area contributed by atoms with Gasteiger partial charge in [-0.15, -0.1) is 0 Å². The van der Waals surface area contributed by atoms with Crippen LogP contribution in [0.15, 0.2) is 78.9 Å². The maximum atomic E-state index is 14.0. The zero-order valence-corrected chi connectivity index (χ0v) is 24.2. The minimum absolute atomic E-state index is 0.145. The van der Waals surface area contributed by atoms with Gasteiger partial charge in [-0.1, -0.05) is 91.2 Å². The summed E-state index contributed by atoms with van der Waals surface area (Å²) in [6, 6.07) is 22.7. The van der Waals surface area contributed by atoms with Crippen LogP contribution >= 0.6 is 11.6 Å². The third-order valence-electron chi connectivity index (χ3n) is 6.31. The zero-order chi connectivity index (χ0) is 28.4. The summed E-state index contributed by atoms with van der Waals surface area (Å²) in [5.74, 6) is -0.768. The van der Waals surface area contributed by atoms with E-state index in [0.29, 0.717) is 11.6 Å². The first-order chi connectivity index (χ1) is 18.6. The Labute approximate surface area is 236 Å².